The summed E-state index contributed by atoms with van der Waals surface area (Å²) in [6.07, 6.45) is 4.71. The number of hydrogen-bond donors (Lipinski definition) is 1. The summed E-state index contributed by atoms with van der Waals surface area (Å²) in [7, 11) is 0. The zero-order valence-corrected chi connectivity index (χ0v) is 13.4. The Morgan fingerprint density at radius 1 is 1.29 bits per heavy atom. The van der Waals surface area contributed by atoms with Crippen molar-refractivity contribution in [3.05, 3.63) is 40.6 Å². The van der Waals surface area contributed by atoms with Crippen molar-refractivity contribution in [1.82, 2.24) is 20.3 Å². The van der Waals surface area contributed by atoms with Crippen molar-refractivity contribution in [3.63, 3.8) is 0 Å². The Morgan fingerprint density at radius 3 is 2.86 bits per heavy atom. The highest BCUT2D eigenvalue weighted by atomic mass is 79.9. The first kappa shape index (κ1) is 14.5. The maximum atomic E-state index is 5.67. The maximum Gasteiger partial charge on any atom is 0.119 e. The van der Waals surface area contributed by atoms with E-state index in [2.05, 4.69) is 31.6 Å². The largest absolute Gasteiger partial charge is 0.492 e. The van der Waals surface area contributed by atoms with Gasteiger partial charge in [-0.1, -0.05) is 21.1 Å². The smallest absolute Gasteiger partial charge is 0.119 e. The quantitative estimate of drug-likeness (QED) is 0.794. The van der Waals surface area contributed by atoms with E-state index < -0.39 is 0 Å². The molecule has 1 heterocycles. The van der Waals surface area contributed by atoms with Crippen LogP contribution in [-0.4, -0.2) is 28.1 Å². The average Bonchev–Trinajstić information content (AvgIpc) is 3.20. The predicted molar refractivity (Wildman–Crippen MR) is 84.1 cm³/mol. The fraction of sp³-hybridized carbons (Fsp3) is 0.467. The molecule has 0 aliphatic heterocycles. The van der Waals surface area contributed by atoms with Crippen molar-refractivity contribution in [2.45, 2.75) is 25.9 Å². The minimum Gasteiger partial charge on any atom is -0.492 e. The first-order chi connectivity index (χ1) is 10.3. The molecule has 0 spiro atoms. The lowest BCUT2D eigenvalue weighted by atomic mass is 10.3. The summed E-state index contributed by atoms with van der Waals surface area (Å²) in [6.45, 7) is 3.18. The molecule has 0 radical (unpaired) electrons. The van der Waals surface area contributed by atoms with Gasteiger partial charge in [0, 0.05) is 17.2 Å². The average molecular weight is 351 g/mol. The lowest BCUT2D eigenvalue weighted by Gasteiger charge is -2.05. The number of hydrogen-bond acceptors (Lipinski definition) is 4. The fourth-order valence-electron chi connectivity index (χ4n) is 2.04. The number of halogens is 1. The fourth-order valence-corrected chi connectivity index (χ4v) is 2.31. The Hall–Kier alpha value is -1.40. The molecule has 2 aromatic rings. The first-order valence-electron chi connectivity index (χ1n) is 7.28. The molecule has 1 N–H and O–H groups in total. The molecular formula is C15H19BrN4O. The van der Waals surface area contributed by atoms with Crippen molar-refractivity contribution in [2.24, 2.45) is 5.92 Å². The van der Waals surface area contributed by atoms with Gasteiger partial charge in [-0.25, -0.2) is 4.68 Å². The maximum absolute atomic E-state index is 5.67. The van der Waals surface area contributed by atoms with Gasteiger partial charge in [0.05, 0.1) is 12.2 Å². The number of nitrogens with one attached hydrogen (secondary N) is 1. The summed E-state index contributed by atoms with van der Waals surface area (Å²) in [6, 6.07) is 7.82. The Balaban J connectivity index is 1.38. The summed E-state index contributed by atoms with van der Waals surface area (Å²) in [5.74, 6) is 1.75. The molecule has 1 fully saturated rings. The molecule has 0 bridgehead atoms. The molecule has 0 saturated heterocycles. The van der Waals surface area contributed by atoms with Crippen LogP contribution < -0.4 is 10.1 Å². The lowest BCUT2D eigenvalue weighted by Crippen LogP contribution is -2.16. The van der Waals surface area contributed by atoms with Crippen LogP contribution >= 0.6 is 15.9 Å². The van der Waals surface area contributed by atoms with Crippen LogP contribution in [0.25, 0.3) is 0 Å². The highest BCUT2D eigenvalue weighted by molar-refractivity contribution is 9.10. The summed E-state index contributed by atoms with van der Waals surface area (Å²) in [5, 5.41) is 11.7. The van der Waals surface area contributed by atoms with E-state index in [9.17, 15) is 0 Å². The van der Waals surface area contributed by atoms with Crippen LogP contribution in [0, 0.1) is 5.92 Å². The van der Waals surface area contributed by atoms with Gasteiger partial charge in [0.25, 0.3) is 0 Å². The highest BCUT2D eigenvalue weighted by Crippen LogP contribution is 2.27. The van der Waals surface area contributed by atoms with Crippen molar-refractivity contribution in [1.29, 1.82) is 0 Å². The molecule has 3 rings (SSSR count). The summed E-state index contributed by atoms with van der Waals surface area (Å²) < 4.78 is 8.55. The minimum absolute atomic E-state index is 0.583. The van der Waals surface area contributed by atoms with Gasteiger partial charge in [0.15, 0.2) is 0 Å². The zero-order chi connectivity index (χ0) is 14.5. The van der Waals surface area contributed by atoms with E-state index in [1.807, 2.05) is 35.1 Å². The predicted octanol–water partition coefficient (Wildman–Crippen LogP) is 2.62. The molecular weight excluding hydrogens is 332 g/mol. The standard InChI is InChI=1S/C15H19BrN4O/c16-13-3-5-15(6-4-13)21-8-7-20-11-14(18-19-20)10-17-9-12-1-2-12/h3-6,11-12,17H,1-2,7-10H2. The van der Waals surface area contributed by atoms with E-state index in [0.29, 0.717) is 13.2 Å². The number of ether oxygens (including phenoxy) is 1. The van der Waals surface area contributed by atoms with Crippen LogP contribution in [0.4, 0.5) is 0 Å². The monoisotopic (exact) mass is 350 g/mol. The van der Waals surface area contributed by atoms with Crippen molar-refractivity contribution in [3.8, 4) is 5.75 Å². The van der Waals surface area contributed by atoms with Gasteiger partial charge in [0.1, 0.15) is 12.4 Å². The third-order valence-electron chi connectivity index (χ3n) is 3.42. The number of aromatic nitrogens is 3. The lowest BCUT2D eigenvalue weighted by molar-refractivity contribution is 0.289. The van der Waals surface area contributed by atoms with Crippen molar-refractivity contribution in [2.75, 3.05) is 13.2 Å². The number of rotatable bonds is 8. The molecule has 21 heavy (non-hydrogen) atoms. The molecule has 1 aliphatic carbocycles. The van der Waals surface area contributed by atoms with Crippen LogP contribution in [0.2, 0.25) is 0 Å². The topological polar surface area (TPSA) is 52.0 Å². The van der Waals surface area contributed by atoms with Gasteiger partial charge in [-0.05, 0) is 49.6 Å². The van der Waals surface area contributed by atoms with E-state index in [4.69, 9.17) is 4.74 Å². The molecule has 1 aromatic carbocycles. The summed E-state index contributed by atoms with van der Waals surface area (Å²) >= 11 is 3.40. The second-order valence-electron chi connectivity index (χ2n) is 5.35. The molecule has 1 aliphatic rings. The minimum atomic E-state index is 0.583. The second kappa shape index (κ2) is 7.04. The van der Waals surface area contributed by atoms with Gasteiger partial charge in [-0.15, -0.1) is 5.10 Å². The van der Waals surface area contributed by atoms with E-state index in [1.165, 1.54) is 12.8 Å². The van der Waals surface area contributed by atoms with Crippen LogP contribution in [0.5, 0.6) is 5.75 Å². The van der Waals surface area contributed by atoms with Crippen LogP contribution in [-0.2, 0) is 13.1 Å². The molecule has 0 unspecified atom stereocenters. The van der Waals surface area contributed by atoms with Crippen molar-refractivity contribution >= 4 is 15.9 Å². The number of nitrogens with zero attached hydrogens (tertiary/aromatic N) is 3. The molecule has 1 aromatic heterocycles. The first-order valence-corrected chi connectivity index (χ1v) is 8.07. The molecule has 5 nitrogen and oxygen atoms in total. The van der Waals surface area contributed by atoms with E-state index in [1.54, 1.807) is 0 Å². The third kappa shape index (κ3) is 4.82. The van der Waals surface area contributed by atoms with Gasteiger partial charge < -0.3 is 10.1 Å². The van der Waals surface area contributed by atoms with Crippen LogP contribution in [0.1, 0.15) is 18.5 Å². The van der Waals surface area contributed by atoms with E-state index in [-0.39, 0.29) is 0 Å². The van der Waals surface area contributed by atoms with Gasteiger partial charge in [-0.2, -0.15) is 0 Å². The molecule has 6 heteroatoms. The van der Waals surface area contributed by atoms with Crippen LogP contribution in [0.3, 0.4) is 0 Å². The highest BCUT2D eigenvalue weighted by Gasteiger charge is 2.20. The third-order valence-corrected chi connectivity index (χ3v) is 3.95. The zero-order valence-electron chi connectivity index (χ0n) is 11.8. The summed E-state index contributed by atoms with van der Waals surface area (Å²) in [4.78, 5) is 0. The van der Waals surface area contributed by atoms with Gasteiger partial charge >= 0.3 is 0 Å². The Morgan fingerprint density at radius 2 is 2.10 bits per heavy atom. The SMILES string of the molecule is Brc1ccc(OCCn2cc(CNCC3CC3)nn2)cc1. The molecule has 0 amide bonds. The molecule has 0 atom stereocenters. The summed E-state index contributed by atoms with van der Waals surface area (Å²) in [5.41, 5.74) is 0.985. The Bertz CT molecular complexity index is 565. The van der Waals surface area contributed by atoms with Gasteiger partial charge in [0.2, 0.25) is 0 Å². The number of benzene rings is 1. The van der Waals surface area contributed by atoms with Crippen molar-refractivity contribution < 1.29 is 4.74 Å². The Kier molecular flexibility index (Phi) is 4.87. The van der Waals surface area contributed by atoms with E-state index >= 15 is 0 Å². The second-order valence-corrected chi connectivity index (χ2v) is 6.27. The van der Waals surface area contributed by atoms with Crippen LogP contribution in [0.15, 0.2) is 34.9 Å². The Labute approximate surface area is 132 Å². The molecule has 112 valence electrons. The van der Waals surface area contributed by atoms with E-state index in [0.717, 1.165) is 34.9 Å². The normalized spacial score (nSPS) is 14.3. The molecule has 1 saturated carbocycles. The van der Waals surface area contributed by atoms with Gasteiger partial charge in [-0.3, -0.25) is 0 Å².